The summed E-state index contributed by atoms with van der Waals surface area (Å²) in [7, 11) is -3.40. The minimum Gasteiger partial charge on any atom is -0.325 e. The van der Waals surface area contributed by atoms with Gasteiger partial charge in [0.15, 0.2) is 0 Å². The van der Waals surface area contributed by atoms with E-state index < -0.39 is 10.0 Å². The van der Waals surface area contributed by atoms with E-state index in [1.807, 2.05) is 30.9 Å². The van der Waals surface area contributed by atoms with Crippen LogP contribution < -0.4 is 5.32 Å². The predicted molar refractivity (Wildman–Crippen MR) is 104 cm³/mol. The van der Waals surface area contributed by atoms with Crippen LogP contribution in [0.4, 0.5) is 5.69 Å². The van der Waals surface area contributed by atoms with Crippen LogP contribution in [-0.4, -0.2) is 56.3 Å². The lowest BCUT2D eigenvalue weighted by Gasteiger charge is -2.33. The van der Waals surface area contributed by atoms with Crippen LogP contribution in [0.1, 0.15) is 11.1 Å². The van der Waals surface area contributed by atoms with Crippen molar-refractivity contribution in [1.82, 2.24) is 9.21 Å². The van der Waals surface area contributed by atoms with E-state index in [-0.39, 0.29) is 12.5 Å². The van der Waals surface area contributed by atoms with Crippen molar-refractivity contribution in [3.8, 4) is 0 Å². The second-order valence-corrected chi connectivity index (χ2v) is 9.65. The molecule has 140 valence electrons. The molecule has 2 heterocycles. The molecule has 0 unspecified atom stereocenters. The summed E-state index contributed by atoms with van der Waals surface area (Å²) in [5.74, 6) is -0.0791. The first-order valence-corrected chi connectivity index (χ1v) is 10.8. The number of carbonyl (C=O) groups is 1. The maximum absolute atomic E-state index is 12.5. The number of aryl methyl sites for hydroxylation is 2. The van der Waals surface area contributed by atoms with Crippen molar-refractivity contribution < 1.29 is 13.2 Å². The Labute approximate surface area is 158 Å². The lowest BCUT2D eigenvalue weighted by atomic mass is 10.1. The van der Waals surface area contributed by atoms with E-state index in [0.29, 0.717) is 30.4 Å². The highest BCUT2D eigenvalue weighted by Gasteiger charge is 2.29. The summed E-state index contributed by atoms with van der Waals surface area (Å²) in [6, 6.07) is 9.31. The van der Waals surface area contributed by atoms with Gasteiger partial charge in [-0.15, -0.1) is 11.3 Å². The quantitative estimate of drug-likeness (QED) is 0.846. The first-order valence-electron chi connectivity index (χ1n) is 8.49. The molecule has 6 nitrogen and oxygen atoms in total. The molecule has 0 atom stereocenters. The smallest absolute Gasteiger partial charge is 0.252 e. The van der Waals surface area contributed by atoms with Crippen molar-refractivity contribution in [3.05, 3.63) is 46.8 Å². The number of benzene rings is 1. The number of amides is 1. The van der Waals surface area contributed by atoms with Crippen molar-refractivity contribution in [1.29, 1.82) is 0 Å². The monoisotopic (exact) mass is 393 g/mol. The minimum atomic E-state index is -3.40. The fourth-order valence-corrected chi connectivity index (χ4v) is 5.68. The molecule has 1 amide bonds. The van der Waals surface area contributed by atoms with Crippen LogP contribution in [0.25, 0.3) is 0 Å². The minimum absolute atomic E-state index is 0.0791. The fourth-order valence-electron chi connectivity index (χ4n) is 3.12. The Kier molecular flexibility index (Phi) is 5.76. The van der Waals surface area contributed by atoms with E-state index in [2.05, 4.69) is 11.4 Å². The number of anilines is 1. The molecular formula is C18H23N3O3S2. The van der Waals surface area contributed by atoms with Crippen LogP contribution in [0.5, 0.6) is 0 Å². The highest BCUT2D eigenvalue weighted by atomic mass is 32.2. The van der Waals surface area contributed by atoms with E-state index in [0.717, 1.165) is 16.8 Å². The number of rotatable bonds is 5. The zero-order chi connectivity index (χ0) is 18.7. The van der Waals surface area contributed by atoms with Crippen LogP contribution in [0.2, 0.25) is 0 Å². The van der Waals surface area contributed by atoms with Gasteiger partial charge in [-0.25, -0.2) is 8.42 Å². The van der Waals surface area contributed by atoms with Gasteiger partial charge in [0.25, 0.3) is 10.0 Å². The van der Waals surface area contributed by atoms with Gasteiger partial charge in [-0.1, -0.05) is 12.1 Å². The number of hydrogen-bond acceptors (Lipinski definition) is 5. The Morgan fingerprint density at radius 1 is 1.12 bits per heavy atom. The van der Waals surface area contributed by atoms with E-state index in [9.17, 15) is 13.2 Å². The fraction of sp³-hybridized carbons (Fsp3) is 0.389. The average molecular weight is 394 g/mol. The lowest BCUT2D eigenvalue weighted by Crippen LogP contribution is -2.50. The van der Waals surface area contributed by atoms with Crippen molar-refractivity contribution in [2.24, 2.45) is 0 Å². The van der Waals surface area contributed by atoms with Gasteiger partial charge in [0.1, 0.15) is 4.21 Å². The molecule has 3 rings (SSSR count). The Balaban J connectivity index is 1.53. The van der Waals surface area contributed by atoms with Gasteiger partial charge in [-0.05, 0) is 48.6 Å². The number of thiophene rings is 1. The van der Waals surface area contributed by atoms with E-state index in [1.165, 1.54) is 15.6 Å². The third-order valence-electron chi connectivity index (χ3n) is 4.29. The number of hydrogen-bond donors (Lipinski definition) is 1. The molecule has 1 aromatic heterocycles. The molecule has 1 saturated heterocycles. The second kappa shape index (κ2) is 7.87. The van der Waals surface area contributed by atoms with Gasteiger partial charge < -0.3 is 5.32 Å². The molecule has 1 N–H and O–H groups in total. The van der Waals surface area contributed by atoms with Crippen molar-refractivity contribution >= 4 is 33.0 Å². The molecule has 1 aromatic carbocycles. The lowest BCUT2D eigenvalue weighted by molar-refractivity contribution is -0.117. The largest absolute Gasteiger partial charge is 0.325 e. The third-order valence-corrected chi connectivity index (χ3v) is 7.56. The van der Waals surface area contributed by atoms with Crippen molar-refractivity contribution in [3.63, 3.8) is 0 Å². The average Bonchev–Trinajstić information content (AvgIpc) is 3.09. The van der Waals surface area contributed by atoms with Gasteiger partial charge in [-0.2, -0.15) is 4.31 Å². The zero-order valence-corrected chi connectivity index (χ0v) is 16.6. The molecule has 0 radical (unpaired) electrons. The number of nitrogens with zero attached hydrogens (tertiary/aromatic N) is 2. The Bertz CT molecular complexity index is 851. The maximum atomic E-state index is 12.5. The van der Waals surface area contributed by atoms with Gasteiger partial charge in [0, 0.05) is 31.9 Å². The molecule has 0 spiro atoms. The molecule has 1 fully saturated rings. The van der Waals surface area contributed by atoms with Crippen molar-refractivity contribution in [2.75, 3.05) is 38.0 Å². The van der Waals surface area contributed by atoms with E-state index in [1.54, 1.807) is 17.5 Å². The Hall–Kier alpha value is -1.74. The van der Waals surface area contributed by atoms with Crippen LogP contribution in [0.15, 0.2) is 39.9 Å². The van der Waals surface area contributed by atoms with Gasteiger partial charge in [-0.3, -0.25) is 9.69 Å². The molecule has 8 heteroatoms. The van der Waals surface area contributed by atoms with Gasteiger partial charge >= 0.3 is 0 Å². The number of nitrogens with one attached hydrogen (secondary N) is 1. The molecule has 0 bridgehead atoms. The van der Waals surface area contributed by atoms with Crippen LogP contribution in [-0.2, 0) is 14.8 Å². The first kappa shape index (κ1) is 19.0. The number of carbonyl (C=O) groups excluding carboxylic acids is 1. The van der Waals surface area contributed by atoms with Gasteiger partial charge in [0.05, 0.1) is 6.54 Å². The summed E-state index contributed by atoms with van der Waals surface area (Å²) in [6.45, 7) is 6.15. The summed E-state index contributed by atoms with van der Waals surface area (Å²) >= 11 is 1.23. The van der Waals surface area contributed by atoms with Gasteiger partial charge in [0.2, 0.25) is 5.91 Å². The highest BCUT2D eigenvalue weighted by Crippen LogP contribution is 2.22. The first-order chi connectivity index (χ1) is 12.3. The molecule has 26 heavy (non-hydrogen) atoms. The Morgan fingerprint density at radius 2 is 1.77 bits per heavy atom. The Morgan fingerprint density at radius 3 is 2.35 bits per heavy atom. The molecular weight excluding hydrogens is 370 g/mol. The van der Waals surface area contributed by atoms with Crippen LogP contribution >= 0.6 is 11.3 Å². The zero-order valence-electron chi connectivity index (χ0n) is 14.9. The summed E-state index contributed by atoms with van der Waals surface area (Å²) in [6.07, 6.45) is 0. The topological polar surface area (TPSA) is 69.7 Å². The van der Waals surface area contributed by atoms with E-state index in [4.69, 9.17) is 0 Å². The molecule has 1 aliphatic heterocycles. The summed E-state index contributed by atoms with van der Waals surface area (Å²) in [4.78, 5) is 14.3. The standard InChI is InChI=1S/C18H23N3O3S2/c1-14-10-15(2)12-16(11-14)19-17(22)13-20-5-7-21(8-6-20)26(23,24)18-4-3-9-25-18/h3-4,9-12H,5-8,13H2,1-2H3,(H,19,22). The number of sulfonamides is 1. The van der Waals surface area contributed by atoms with Crippen LogP contribution in [0.3, 0.4) is 0 Å². The summed E-state index contributed by atoms with van der Waals surface area (Å²) in [5, 5.41) is 4.69. The molecule has 2 aromatic rings. The van der Waals surface area contributed by atoms with Crippen LogP contribution in [0, 0.1) is 13.8 Å². The van der Waals surface area contributed by atoms with Crippen molar-refractivity contribution in [2.45, 2.75) is 18.1 Å². The summed E-state index contributed by atoms with van der Waals surface area (Å²) in [5.41, 5.74) is 3.01. The maximum Gasteiger partial charge on any atom is 0.252 e. The predicted octanol–water partition coefficient (Wildman–Crippen LogP) is 2.31. The second-order valence-electron chi connectivity index (χ2n) is 6.54. The molecule has 0 aliphatic carbocycles. The molecule has 1 aliphatic rings. The summed E-state index contributed by atoms with van der Waals surface area (Å²) < 4.78 is 26.9. The van der Waals surface area contributed by atoms with E-state index >= 15 is 0 Å². The normalized spacial score (nSPS) is 16.5. The SMILES string of the molecule is Cc1cc(C)cc(NC(=O)CN2CCN(S(=O)(=O)c3cccs3)CC2)c1. The third kappa shape index (κ3) is 4.50. The molecule has 0 saturated carbocycles. The number of piperazine rings is 1. The highest BCUT2D eigenvalue weighted by molar-refractivity contribution is 7.91.